The first-order valence-electron chi connectivity index (χ1n) is 3.46. The van der Waals surface area contributed by atoms with Gasteiger partial charge in [-0.2, -0.15) is 0 Å². The molecular weight excluding hydrogens is 216 g/mol. The van der Waals surface area contributed by atoms with Gasteiger partial charge in [0.1, 0.15) is 24.4 Å². The highest BCUT2D eigenvalue weighted by Crippen LogP contribution is 2.40. The van der Waals surface area contributed by atoms with Crippen molar-refractivity contribution < 1.29 is 20.1 Å². The molecule has 2 fully saturated rings. The van der Waals surface area contributed by atoms with Crippen molar-refractivity contribution >= 4 is 15.9 Å². The second kappa shape index (κ2) is 2.40. The van der Waals surface area contributed by atoms with Gasteiger partial charge in [-0.15, -0.1) is 0 Å². The van der Waals surface area contributed by atoms with E-state index < -0.39 is 18.3 Å². The normalized spacial score (nSPS) is 62.2. The maximum absolute atomic E-state index is 9.28. The summed E-state index contributed by atoms with van der Waals surface area (Å²) in [7, 11) is 0. The second-order valence-corrected chi connectivity index (χ2v) is 4.04. The molecule has 1 aliphatic heterocycles. The molecule has 0 amide bonds. The van der Waals surface area contributed by atoms with Gasteiger partial charge < -0.3 is 20.1 Å². The lowest BCUT2D eigenvalue weighted by atomic mass is 9.92. The third-order valence-corrected chi connectivity index (χ3v) is 3.30. The van der Waals surface area contributed by atoms with E-state index in [-0.39, 0.29) is 17.0 Å². The summed E-state index contributed by atoms with van der Waals surface area (Å²) in [5, 5.41) is 27.7. The molecule has 0 radical (unpaired) electrons. The van der Waals surface area contributed by atoms with Crippen LogP contribution in [-0.2, 0) is 4.74 Å². The summed E-state index contributed by atoms with van der Waals surface area (Å²) in [6.07, 6.45) is -3.40. The molecule has 0 bridgehead atoms. The Labute approximate surface area is 71.9 Å². The molecule has 4 nitrogen and oxygen atoms in total. The number of ether oxygens (including phenoxy) is 1. The summed E-state index contributed by atoms with van der Waals surface area (Å²) in [6.45, 7) is 0. The molecule has 2 aliphatic rings. The first-order chi connectivity index (χ1) is 5.13. The summed E-state index contributed by atoms with van der Waals surface area (Å²) in [6, 6.07) is 0. The van der Waals surface area contributed by atoms with Gasteiger partial charge in [-0.3, -0.25) is 0 Å². The Kier molecular flexibility index (Phi) is 1.73. The number of rotatable bonds is 0. The minimum absolute atomic E-state index is 0.136. The van der Waals surface area contributed by atoms with Gasteiger partial charge in [-0.1, -0.05) is 15.9 Å². The second-order valence-electron chi connectivity index (χ2n) is 2.98. The Morgan fingerprint density at radius 1 is 0.909 bits per heavy atom. The van der Waals surface area contributed by atoms with Crippen molar-refractivity contribution in [2.75, 3.05) is 0 Å². The number of hydrogen-bond acceptors (Lipinski definition) is 4. The van der Waals surface area contributed by atoms with Gasteiger partial charge in [0.25, 0.3) is 0 Å². The molecule has 0 aromatic rings. The van der Waals surface area contributed by atoms with Crippen molar-refractivity contribution in [2.45, 2.75) is 35.3 Å². The van der Waals surface area contributed by atoms with E-state index in [4.69, 9.17) is 4.74 Å². The van der Waals surface area contributed by atoms with E-state index in [1.54, 1.807) is 0 Å². The van der Waals surface area contributed by atoms with Gasteiger partial charge in [-0.05, 0) is 0 Å². The van der Waals surface area contributed by atoms with Crippen LogP contribution in [0.5, 0.6) is 0 Å². The van der Waals surface area contributed by atoms with Crippen molar-refractivity contribution in [2.24, 2.45) is 0 Å². The lowest BCUT2D eigenvalue weighted by Crippen LogP contribution is -2.51. The van der Waals surface area contributed by atoms with Gasteiger partial charge in [0.05, 0.1) is 10.9 Å². The number of aliphatic hydroxyl groups is 3. The van der Waals surface area contributed by atoms with Gasteiger partial charge in [0, 0.05) is 0 Å². The van der Waals surface area contributed by atoms with E-state index in [9.17, 15) is 15.3 Å². The quantitative estimate of drug-likeness (QED) is 0.350. The Morgan fingerprint density at radius 2 is 1.55 bits per heavy atom. The lowest BCUT2D eigenvalue weighted by Gasteiger charge is -2.28. The average Bonchev–Trinajstić information content (AvgIpc) is 2.76. The molecular formula is C6H9BrO4. The number of fused-ring (bicyclic) bond motifs is 1. The Morgan fingerprint density at radius 3 is 2.18 bits per heavy atom. The van der Waals surface area contributed by atoms with Crippen molar-refractivity contribution in [3.63, 3.8) is 0 Å². The topological polar surface area (TPSA) is 73.2 Å². The summed E-state index contributed by atoms with van der Waals surface area (Å²) in [4.78, 5) is -0.258. The fourth-order valence-corrected chi connectivity index (χ4v) is 2.18. The molecule has 11 heavy (non-hydrogen) atoms. The number of aliphatic hydroxyl groups excluding tert-OH is 3. The van der Waals surface area contributed by atoms with Gasteiger partial charge in [0.2, 0.25) is 0 Å². The van der Waals surface area contributed by atoms with Crippen LogP contribution >= 0.6 is 15.9 Å². The van der Waals surface area contributed by atoms with Crippen LogP contribution in [0.4, 0.5) is 0 Å². The molecule has 2 rings (SSSR count). The van der Waals surface area contributed by atoms with E-state index in [1.807, 2.05) is 0 Å². The Balaban J connectivity index is 2.13. The minimum atomic E-state index is -1.09. The number of alkyl halides is 1. The summed E-state index contributed by atoms with van der Waals surface area (Å²) >= 11 is 3.18. The van der Waals surface area contributed by atoms with Crippen LogP contribution in [0, 0.1) is 0 Å². The monoisotopic (exact) mass is 224 g/mol. The highest BCUT2D eigenvalue weighted by atomic mass is 79.9. The maximum atomic E-state index is 9.28. The Hall–Kier alpha value is 0.320. The number of epoxide rings is 1. The molecule has 1 saturated carbocycles. The molecule has 5 heteroatoms. The molecule has 6 unspecified atom stereocenters. The van der Waals surface area contributed by atoms with Crippen LogP contribution in [0.1, 0.15) is 0 Å². The van der Waals surface area contributed by atoms with Crippen molar-refractivity contribution in [3.05, 3.63) is 0 Å². The molecule has 1 aliphatic carbocycles. The van der Waals surface area contributed by atoms with Gasteiger partial charge >= 0.3 is 0 Å². The van der Waals surface area contributed by atoms with Crippen LogP contribution in [0.15, 0.2) is 0 Å². The van der Waals surface area contributed by atoms with Crippen molar-refractivity contribution in [1.82, 2.24) is 0 Å². The molecule has 3 N–H and O–H groups in total. The van der Waals surface area contributed by atoms with Crippen molar-refractivity contribution in [3.8, 4) is 0 Å². The zero-order valence-corrected chi connectivity index (χ0v) is 7.18. The molecule has 0 aromatic heterocycles. The molecule has 64 valence electrons. The molecule has 0 aromatic carbocycles. The first-order valence-corrected chi connectivity index (χ1v) is 4.38. The fourth-order valence-electron chi connectivity index (χ4n) is 1.45. The lowest BCUT2D eigenvalue weighted by molar-refractivity contribution is -0.0726. The first kappa shape index (κ1) is 7.94. The number of hydrogen-bond donors (Lipinski definition) is 3. The predicted octanol–water partition coefficient (Wildman–Crippen LogP) is -1.39. The number of halogens is 1. The molecule has 0 spiro atoms. The maximum Gasteiger partial charge on any atom is 0.114 e. The van der Waals surface area contributed by atoms with Crippen LogP contribution in [0.25, 0.3) is 0 Å². The molecule has 6 atom stereocenters. The predicted molar refractivity (Wildman–Crippen MR) is 39.4 cm³/mol. The SMILES string of the molecule is OC1C(O)C(Br)C2OC2C1O. The smallest absolute Gasteiger partial charge is 0.114 e. The van der Waals surface area contributed by atoms with Crippen molar-refractivity contribution in [1.29, 1.82) is 0 Å². The highest BCUT2D eigenvalue weighted by molar-refractivity contribution is 9.09. The van der Waals surface area contributed by atoms with Crippen LogP contribution in [0.2, 0.25) is 0 Å². The molecule has 1 saturated heterocycles. The zero-order chi connectivity index (χ0) is 8.17. The standard InChI is InChI=1S/C6H9BrO4/c7-1-2(8)3(9)4(10)6-5(1)11-6/h1-6,8-10H. The minimum Gasteiger partial charge on any atom is -0.389 e. The highest BCUT2D eigenvalue weighted by Gasteiger charge is 2.59. The van der Waals surface area contributed by atoms with E-state index in [0.717, 1.165) is 0 Å². The molecule has 1 heterocycles. The van der Waals surface area contributed by atoms with Gasteiger partial charge in [0.15, 0.2) is 0 Å². The van der Waals surface area contributed by atoms with E-state index in [2.05, 4.69) is 15.9 Å². The third kappa shape index (κ3) is 1.03. The average molecular weight is 225 g/mol. The zero-order valence-electron chi connectivity index (χ0n) is 5.59. The third-order valence-electron chi connectivity index (χ3n) is 2.24. The van der Waals surface area contributed by atoms with E-state index in [0.29, 0.717) is 0 Å². The van der Waals surface area contributed by atoms with Crippen LogP contribution < -0.4 is 0 Å². The largest absolute Gasteiger partial charge is 0.389 e. The summed E-state index contributed by atoms with van der Waals surface area (Å²) < 4.78 is 5.03. The fraction of sp³-hybridized carbons (Fsp3) is 1.00. The van der Waals surface area contributed by atoms with Crippen LogP contribution in [0.3, 0.4) is 0 Å². The van der Waals surface area contributed by atoms with Crippen LogP contribution in [-0.4, -0.2) is 50.7 Å². The summed E-state index contributed by atoms with van der Waals surface area (Å²) in [5.41, 5.74) is 0. The van der Waals surface area contributed by atoms with E-state index >= 15 is 0 Å². The summed E-state index contributed by atoms with van der Waals surface area (Å²) in [5.74, 6) is 0. The van der Waals surface area contributed by atoms with Gasteiger partial charge in [-0.25, -0.2) is 0 Å². The van der Waals surface area contributed by atoms with E-state index in [1.165, 1.54) is 0 Å². The Bertz CT molecular complexity index is 158.